The molecule has 4 aliphatic rings. The molecule has 4 bridgehead atoms. The number of benzene rings is 1. The fourth-order valence-corrected chi connectivity index (χ4v) is 4.60. The van der Waals surface area contributed by atoms with E-state index < -0.39 is 23.9 Å². The van der Waals surface area contributed by atoms with Gasteiger partial charge in [-0.25, -0.2) is 0 Å². The predicted octanol–water partition coefficient (Wildman–Crippen LogP) is 1.11. The Kier molecular flexibility index (Phi) is 4.96. The molecule has 0 spiro atoms. The molecule has 7 nitrogen and oxygen atoms in total. The molecule has 2 aliphatic heterocycles. The van der Waals surface area contributed by atoms with Crippen LogP contribution < -0.4 is 9.47 Å². The fourth-order valence-electron chi connectivity index (χ4n) is 4.27. The highest BCUT2D eigenvalue weighted by Gasteiger charge is 2.51. The number of halogens is 1. The first kappa shape index (κ1) is 20.9. The molecule has 2 aliphatic carbocycles. The van der Waals surface area contributed by atoms with Gasteiger partial charge >= 0.3 is 0 Å². The zero-order valence-electron chi connectivity index (χ0n) is 17.1. The van der Waals surface area contributed by atoms with Gasteiger partial charge in [0.15, 0.2) is 23.2 Å². The minimum absolute atomic E-state index is 0.0367. The van der Waals surface area contributed by atoms with Gasteiger partial charge in [0.05, 0.1) is 36.8 Å². The summed E-state index contributed by atoms with van der Waals surface area (Å²) in [6, 6.07) is 2.87. The first-order valence-electron chi connectivity index (χ1n) is 10.2. The van der Waals surface area contributed by atoms with E-state index in [1.165, 1.54) is 7.11 Å². The molecular weight excluding hydrogens is 434 g/mol. The quantitative estimate of drug-likeness (QED) is 0.435. The lowest BCUT2D eigenvalue weighted by atomic mass is 9.87. The van der Waals surface area contributed by atoms with Gasteiger partial charge in [-0.05, 0) is 12.5 Å². The van der Waals surface area contributed by atoms with E-state index >= 15 is 0 Å². The van der Waals surface area contributed by atoms with E-state index in [0.29, 0.717) is 12.1 Å². The molecule has 5 atom stereocenters. The van der Waals surface area contributed by atoms with Crippen molar-refractivity contribution >= 4 is 17.5 Å². The molecule has 0 radical (unpaired) electrons. The molecule has 1 fully saturated rings. The van der Waals surface area contributed by atoms with Crippen molar-refractivity contribution in [2.75, 3.05) is 13.7 Å². The number of carbonyl (C=O) groups excluding carboxylic acids is 1. The lowest BCUT2D eigenvalue weighted by molar-refractivity contribution is -0.128. The molecule has 3 N–H and O–H groups in total. The number of ether oxygens (including phenoxy) is 2. The third-order valence-corrected chi connectivity index (χ3v) is 6.62. The molecule has 32 heavy (non-hydrogen) atoms. The first-order valence-corrected chi connectivity index (χ1v) is 10.6. The van der Waals surface area contributed by atoms with E-state index in [9.17, 15) is 20.1 Å². The largest absolute Gasteiger partial charge is 0.493 e. The molecule has 164 valence electrons. The Hall–Kier alpha value is -2.94. The van der Waals surface area contributed by atoms with E-state index in [1.54, 1.807) is 29.2 Å². The third-order valence-electron chi connectivity index (χ3n) is 6.23. The normalized spacial score (nSPS) is 33.9. The van der Waals surface area contributed by atoms with Crippen molar-refractivity contribution in [1.29, 1.82) is 0 Å². The standard InChI is InChI=1S/C24H20ClNO6/c1-31-18-9-8-15-17(27)11-21(29)26-12-16(26)13-3-2-4-20(32-23(18)22(15)25)24(30)14(6-5-13)7-10-19(24)28/h3,7-9,16-17,19-20,27-28,30H,10-12H2,1H3/b13-3+/t16-,17-,19-,20-,24-,26?/m0/s1. The molecule has 1 saturated heterocycles. The summed E-state index contributed by atoms with van der Waals surface area (Å²) >= 11 is 6.58. The number of methoxy groups -OCH3 is 1. The fraction of sp³-hybridized carbons (Fsp3) is 0.375. The Balaban J connectivity index is 1.72. The van der Waals surface area contributed by atoms with Crippen LogP contribution in [-0.4, -0.2) is 63.6 Å². The lowest BCUT2D eigenvalue weighted by Gasteiger charge is -2.34. The average Bonchev–Trinajstić information content (AvgIpc) is 3.50. The number of allylic oxidation sites excluding steroid dienone is 1. The number of hydrogen-bond donors (Lipinski definition) is 3. The van der Waals surface area contributed by atoms with Gasteiger partial charge in [-0.15, -0.1) is 0 Å². The van der Waals surface area contributed by atoms with Crippen molar-refractivity contribution in [2.24, 2.45) is 0 Å². The molecule has 2 heterocycles. The Morgan fingerprint density at radius 1 is 1.31 bits per heavy atom. The number of hydrogen-bond acceptors (Lipinski definition) is 6. The minimum atomic E-state index is -1.90. The summed E-state index contributed by atoms with van der Waals surface area (Å²) in [6.07, 6.45) is -0.321. The Morgan fingerprint density at radius 2 is 2.12 bits per heavy atom. The number of nitrogens with zero attached hydrogens (tertiary/aromatic N) is 1. The van der Waals surface area contributed by atoms with Crippen LogP contribution in [0, 0.1) is 23.7 Å². The number of rotatable bonds is 1. The molecule has 0 unspecified atom stereocenters. The van der Waals surface area contributed by atoms with Crippen LogP contribution in [0.3, 0.4) is 0 Å². The molecular formula is C24H20ClNO6. The predicted molar refractivity (Wildman–Crippen MR) is 115 cm³/mol. The zero-order chi connectivity index (χ0) is 22.6. The van der Waals surface area contributed by atoms with Crippen molar-refractivity contribution in [3.63, 3.8) is 0 Å². The van der Waals surface area contributed by atoms with Crippen LogP contribution in [-0.2, 0) is 4.79 Å². The zero-order valence-corrected chi connectivity index (χ0v) is 17.9. The molecule has 1 aromatic carbocycles. The highest BCUT2D eigenvalue weighted by atomic mass is 35.5. The van der Waals surface area contributed by atoms with Crippen molar-refractivity contribution in [1.82, 2.24) is 4.90 Å². The van der Waals surface area contributed by atoms with Crippen LogP contribution in [0.2, 0.25) is 5.02 Å². The van der Waals surface area contributed by atoms with Crippen LogP contribution in [0.15, 0.2) is 35.4 Å². The van der Waals surface area contributed by atoms with Gasteiger partial charge in [0.25, 0.3) is 0 Å². The summed E-state index contributed by atoms with van der Waals surface area (Å²) in [4.78, 5) is 14.3. The average molecular weight is 454 g/mol. The summed E-state index contributed by atoms with van der Waals surface area (Å²) in [6.45, 7) is 0.460. The Morgan fingerprint density at radius 3 is 2.91 bits per heavy atom. The van der Waals surface area contributed by atoms with Crippen molar-refractivity contribution < 1.29 is 29.6 Å². The second-order valence-electron chi connectivity index (χ2n) is 8.11. The monoisotopic (exact) mass is 453 g/mol. The summed E-state index contributed by atoms with van der Waals surface area (Å²) in [5, 5.41) is 33.0. The molecule has 1 amide bonds. The van der Waals surface area contributed by atoms with E-state index in [4.69, 9.17) is 21.1 Å². The van der Waals surface area contributed by atoms with Gasteiger partial charge < -0.3 is 29.7 Å². The molecule has 0 saturated carbocycles. The SMILES string of the molecule is COc1ccc2c(Cl)c1O[C@H]1C#C/C=C(\C#CC3=CC[C@H](O)[C@@]31O)[C@@H]1CN1C(=O)C[C@@H]2O. The second kappa shape index (κ2) is 7.58. The highest BCUT2D eigenvalue weighted by Crippen LogP contribution is 2.44. The van der Waals surface area contributed by atoms with Crippen LogP contribution >= 0.6 is 11.6 Å². The topological polar surface area (TPSA) is 99.2 Å². The molecule has 1 aromatic rings. The van der Waals surface area contributed by atoms with E-state index in [1.807, 2.05) is 0 Å². The van der Waals surface area contributed by atoms with Gasteiger partial charge in [0.1, 0.15) is 0 Å². The van der Waals surface area contributed by atoms with E-state index in [-0.39, 0.29) is 52.4 Å². The van der Waals surface area contributed by atoms with Gasteiger partial charge in [-0.3, -0.25) is 4.79 Å². The third kappa shape index (κ3) is 3.18. The number of fused-ring (bicyclic) bond motifs is 8. The summed E-state index contributed by atoms with van der Waals surface area (Å²) in [5.74, 6) is 11.8. The van der Waals surface area contributed by atoms with Crippen molar-refractivity contribution in [3.05, 3.63) is 46.0 Å². The van der Waals surface area contributed by atoms with Crippen molar-refractivity contribution in [2.45, 2.75) is 42.8 Å². The van der Waals surface area contributed by atoms with Crippen LogP contribution in [0.1, 0.15) is 24.5 Å². The van der Waals surface area contributed by atoms with Crippen LogP contribution in [0.4, 0.5) is 0 Å². The van der Waals surface area contributed by atoms with Gasteiger partial charge in [-0.2, -0.15) is 0 Å². The maximum absolute atomic E-state index is 12.7. The number of aliphatic hydroxyl groups excluding tert-OH is 2. The maximum atomic E-state index is 12.7. The molecule has 8 heteroatoms. The summed E-state index contributed by atoms with van der Waals surface area (Å²) in [7, 11) is 1.43. The molecule has 5 rings (SSSR count). The van der Waals surface area contributed by atoms with E-state index in [0.717, 1.165) is 0 Å². The smallest absolute Gasteiger partial charge is 0.226 e. The van der Waals surface area contributed by atoms with Crippen LogP contribution in [0.5, 0.6) is 11.5 Å². The molecule has 0 aromatic heterocycles. The number of amides is 1. The minimum Gasteiger partial charge on any atom is -0.493 e. The Bertz CT molecular complexity index is 1200. The van der Waals surface area contributed by atoms with Crippen LogP contribution in [0.25, 0.3) is 0 Å². The summed E-state index contributed by atoms with van der Waals surface area (Å²) < 4.78 is 11.5. The van der Waals surface area contributed by atoms with Gasteiger partial charge in [0.2, 0.25) is 5.91 Å². The van der Waals surface area contributed by atoms with Gasteiger partial charge in [0, 0.05) is 29.3 Å². The van der Waals surface area contributed by atoms with Gasteiger partial charge in [-0.1, -0.05) is 47.4 Å². The number of aliphatic hydroxyl groups is 3. The first-order chi connectivity index (χ1) is 15.3. The number of carbonyl (C=O) groups is 1. The lowest BCUT2D eigenvalue weighted by Crippen LogP contribution is -2.52. The Labute approximate surface area is 189 Å². The van der Waals surface area contributed by atoms with E-state index in [2.05, 4.69) is 23.7 Å². The maximum Gasteiger partial charge on any atom is 0.226 e. The second-order valence-corrected chi connectivity index (χ2v) is 8.49. The summed E-state index contributed by atoms with van der Waals surface area (Å²) in [5.41, 5.74) is -0.700. The highest BCUT2D eigenvalue weighted by molar-refractivity contribution is 6.33. The van der Waals surface area contributed by atoms with Crippen molar-refractivity contribution in [3.8, 4) is 35.2 Å².